The Morgan fingerprint density at radius 2 is 2.18 bits per heavy atom. The van der Waals surface area contributed by atoms with Crippen molar-refractivity contribution < 1.29 is 9.84 Å². The van der Waals surface area contributed by atoms with Crippen molar-refractivity contribution in [3.05, 3.63) is 29.3 Å². The molecule has 1 aromatic carbocycles. The fraction of sp³-hybridized carbons (Fsp3) is 0.538. The van der Waals surface area contributed by atoms with E-state index in [0.717, 1.165) is 25.3 Å². The molecule has 0 saturated carbocycles. The monoisotopic (exact) mass is 255 g/mol. The minimum Gasteiger partial charge on any atom is -0.491 e. The van der Waals surface area contributed by atoms with Crippen molar-refractivity contribution >= 4 is 11.6 Å². The van der Waals surface area contributed by atoms with Crippen LogP contribution in [0, 0.1) is 5.92 Å². The van der Waals surface area contributed by atoms with Gasteiger partial charge in [0.15, 0.2) is 0 Å². The molecule has 1 fully saturated rings. The Labute approximate surface area is 107 Å². The maximum Gasteiger partial charge on any atom is 0.119 e. The molecule has 0 aromatic heterocycles. The van der Waals surface area contributed by atoms with E-state index in [9.17, 15) is 5.11 Å². The molecule has 1 aliphatic rings. The van der Waals surface area contributed by atoms with Crippen LogP contribution in [0.2, 0.25) is 5.02 Å². The average molecular weight is 256 g/mol. The first-order valence-electron chi connectivity index (χ1n) is 5.90. The number of aliphatic hydroxyl groups is 1. The Bertz CT molecular complexity index is 355. The van der Waals surface area contributed by atoms with Gasteiger partial charge in [0.2, 0.25) is 0 Å². The highest BCUT2D eigenvalue weighted by Crippen LogP contribution is 2.20. The minimum atomic E-state index is -0.393. The van der Waals surface area contributed by atoms with E-state index in [1.54, 1.807) is 12.1 Å². The van der Waals surface area contributed by atoms with Gasteiger partial charge in [-0.3, -0.25) is 0 Å². The Balaban J connectivity index is 1.79. The Kier molecular flexibility index (Phi) is 4.26. The third-order valence-corrected chi connectivity index (χ3v) is 3.46. The lowest BCUT2D eigenvalue weighted by atomic mass is 10.0. The lowest BCUT2D eigenvalue weighted by Gasteiger charge is -2.18. The molecule has 1 aromatic rings. The van der Waals surface area contributed by atoms with Gasteiger partial charge in [-0.15, -0.1) is 0 Å². The lowest BCUT2D eigenvalue weighted by molar-refractivity contribution is 0.0607. The number of nitrogens with zero attached hydrogens (tertiary/aromatic N) is 1. The van der Waals surface area contributed by atoms with E-state index in [1.165, 1.54) is 0 Å². The van der Waals surface area contributed by atoms with Crippen molar-refractivity contribution in [1.82, 2.24) is 4.90 Å². The summed E-state index contributed by atoms with van der Waals surface area (Å²) in [6.45, 7) is 2.36. The van der Waals surface area contributed by atoms with Gasteiger partial charge < -0.3 is 14.7 Å². The molecule has 4 heteroatoms. The van der Waals surface area contributed by atoms with Gasteiger partial charge >= 0.3 is 0 Å². The molecule has 0 aliphatic carbocycles. The Morgan fingerprint density at radius 3 is 2.76 bits per heavy atom. The molecule has 2 atom stereocenters. The predicted octanol–water partition coefficient (Wildman–Crippen LogP) is 2.03. The average Bonchev–Trinajstić information content (AvgIpc) is 2.75. The van der Waals surface area contributed by atoms with Crippen LogP contribution in [0.5, 0.6) is 5.75 Å². The first kappa shape index (κ1) is 12.7. The van der Waals surface area contributed by atoms with Crippen LogP contribution in [-0.2, 0) is 0 Å². The second-order valence-electron chi connectivity index (χ2n) is 4.64. The van der Waals surface area contributed by atoms with Crippen LogP contribution in [0.4, 0.5) is 0 Å². The zero-order valence-electron chi connectivity index (χ0n) is 9.97. The number of halogens is 1. The molecule has 2 rings (SSSR count). The van der Waals surface area contributed by atoms with Crippen LogP contribution in [0.1, 0.15) is 6.42 Å². The summed E-state index contributed by atoms with van der Waals surface area (Å²) in [6.07, 6.45) is 0.650. The van der Waals surface area contributed by atoms with E-state index in [2.05, 4.69) is 11.9 Å². The van der Waals surface area contributed by atoms with Crippen molar-refractivity contribution in [2.45, 2.75) is 12.5 Å². The smallest absolute Gasteiger partial charge is 0.119 e. The van der Waals surface area contributed by atoms with Crippen molar-refractivity contribution in [1.29, 1.82) is 0 Å². The summed E-state index contributed by atoms with van der Waals surface area (Å²) in [7, 11) is 2.08. The largest absolute Gasteiger partial charge is 0.491 e. The first-order chi connectivity index (χ1) is 8.15. The first-order valence-corrected chi connectivity index (χ1v) is 6.28. The molecular weight excluding hydrogens is 238 g/mol. The summed E-state index contributed by atoms with van der Waals surface area (Å²) in [5.74, 6) is 1.08. The Morgan fingerprint density at radius 1 is 1.47 bits per heavy atom. The van der Waals surface area contributed by atoms with Gasteiger partial charge in [-0.2, -0.15) is 0 Å². The molecule has 1 heterocycles. The molecule has 0 amide bonds. The third kappa shape index (κ3) is 3.60. The van der Waals surface area contributed by atoms with Crippen LogP contribution in [0.3, 0.4) is 0 Å². The number of hydrogen-bond donors (Lipinski definition) is 1. The molecule has 0 radical (unpaired) electrons. The number of hydrogen-bond acceptors (Lipinski definition) is 3. The molecule has 1 saturated heterocycles. The summed E-state index contributed by atoms with van der Waals surface area (Å²) in [4.78, 5) is 2.23. The summed E-state index contributed by atoms with van der Waals surface area (Å²) < 4.78 is 5.54. The zero-order valence-corrected chi connectivity index (χ0v) is 10.7. The fourth-order valence-electron chi connectivity index (χ4n) is 2.13. The molecule has 1 N–H and O–H groups in total. The SMILES string of the molecule is CN1CCC(C(O)COc2ccc(Cl)cc2)C1. The second-order valence-corrected chi connectivity index (χ2v) is 5.08. The number of rotatable bonds is 4. The van der Waals surface area contributed by atoms with Gasteiger partial charge in [-0.05, 0) is 44.3 Å². The third-order valence-electron chi connectivity index (χ3n) is 3.21. The quantitative estimate of drug-likeness (QED) is 0.894. The highest BCUT2D eigenvalue weighted by Gasteiger charge is 2.26. The topological polar surface area (TPSA) is 32.7 Å². The lowest BCUT2D eigenvalue weighted by Crippen LogP contribution is -2.29. The highest BCUT2D eigenvalue weighted by atomic mass is 35.5. The van der Waals surface area contributed by atoms with Crippen LogP contribution in [-0.4, -0.2) is 42.9 Å². The summed E-state index contributed by atoms with van der Waals surface area (Å²) in [5.41, 5.74) is 0. The van der Waals surface area contributed by atoms with E-state index in [4.69, 9.17) is 16.3 Å². The van der Waals surface area contributed by atoms with Gasteiger partial charge in [0, 0.05) is 17.5 Å². The number of aliphatic hydroxyl groups excluding tert-OH is 1. The van der Waals surface area contributed by atoms with Crippen LogP contribution >= 0.6 is 11.6 Å². The van der Waals surface area contributed by atoms with Crippen LogP contribution in [0.15, 0.2) is 24.3 Å². The maximum atomic E-state index is 10.0. The van der Waals surface area contributed by atoms with Crippen LogP contribution in [0.25, 0.3) is 0 Å². The van der Waals surface area contributed by atoms with E-state index in [-0.39, 0.29) is 0 Å². The number of likely N-dealkylation sites (tertiary alicyclic amines) is 1. The Hall–Kier alpha value is -0.770. The zero-order chi connectivity index (χ0) is 12.3. The van der Waals surface area contributed by atoms with E-state index in [0.29, 0.717) is 17.5 Å². The van der Waals surface area contributed by atoms with Gasteiger partial charge in [0.1, 0.15) is 12.4 Å². The summed E-state index contributed by atoms with van der Waals surface area (Å²) in [6, 6.07) is 7.20. The molecule has 94 valence electrons. The van der Waals surface area contributed by atoms with E-state index in [1.807, 2.05) is 12.1 Å². The molecule has 1 aliphatic heterocycles. The van der Waals surface area contributed by atoms with Crippen molar-refractivity contribution in [3.8, 4) is 5.75 Å². The maximum absolute atomic E-state index is 10.0. The second kappa shape index (κ2) is 5.71. The van der Waals surface area contributed by atoms with Crippen LogP contribution < -0.4 is 4.74 Å². The molecule has 3 nitrogen and oxygen atoms in total. The predicted molar refractivity (Wildman–Crippen MR) is 68.6 cm³/mol. The highest BCUT2D eigenvalue weighted by molar-refractivity contribution is 6.30. The van der Waals surface area contributed by atoms with Crippen molar-refractivity contribution in [3.63, 3.8) is 0 Å². The van der Waals surface area contributed by atoms with Gasteiger partial charge in [0.05, 0.1) is 6.10 Å². The minimum absolute atomic E-state index is 0.326. The molecule has 2 unspecified atom stereocenters. The van der Waals surface area contributed by atoms with E-state index < -0.39 is 6.10 Å². The van der Waals surface area contributed by atoms with E-state index >= 15 is 0 Å². The summed E-state index contributed by atoms with van der Waals surface area (Å²) in [5, 5.41) is 10.7. The molecule has 17 heavy (non-hydrogen) atoms. The molecule has 0 spiro atoms. The summed E-state index contributed by atoms with van der Waals surface area (Å²) >= 11 is 5.78. The number of benzene rings is 1. The standard InChI is InChI=1S/C13H18ClNO2/c1-15-7-6-10(8-15)13(16)9-17-12-4-2-11(14)3-5-12/h2-5,10,13,16H,6-9H2,1H3. The van der Waals surface area contributed by atoms with Crippen molar-refractivity contribution in [2.75, 3.05) is 26.7 Å². The number of ether oxygens (including phenoxy) is 1. The normalized spacial score (nSPS) is 22.6. The van der Waals surface area contributed by atoms with Gasteiger partial charge in [-0.1, -0.05) is 11.6 Å². The van der Waals surface area contributed by atoms with Gasteiger partial charge in [0.25, 0.3) is 0 Å². The fourth-order valence-corrected chi connectivity index (χ4v) is 2.26. The molecule has 0 bridgehead atoms. The van der Waals surface area contributed by atoms with Crippen molar-refractivity contribution in [2.24, 2.45) is 5.92 Å². The molecular formula is C13H18ClNO2. The van der Waals surface area contributed by atoms with Gasteiger partial charge in [-0.25, -0.2) is 0 Å².